The van der Waals surface area contributed by atoms with E-state index >= 15 is 0 Å². The van der Waals surface area contributed by atoms with Gasteiger partial charge in [0.2, 0.25) is 12.7 Å². The van der Waals surface area contributed by atoms with Crippen LogP contribution in [-0.2, 0) is 37.3 Å². The van der Waals surface area contributed by atoms with Crippen molar-refractivity contribution in [2.24, 2.45) is 5.41 Å². The Balaban J connectivity index is 2.67. The number of phosphoric acid groups is 1. The molecule has 22 heavy (non-hydrogen) atoms. The average Bonchev–Trinajstić information content (AvgIpc) is 2.42. The van der Waals surface area contributed by atoms with Crippen LogP contribution < -0.4 is 5.32 Å². The number of ketones is 1. The van der Waals surface area contributed by atoms with Crippen molar-refractivity contribution in [3.05, 3.63) is 0 Å². The van der Waals surface area contributed by atoms with E-state index in [2.05, 4.69) is 10.1 Å². The summed E-state index contributed by atoms with van der Waals surface area (Å²) < 4.78 is 31.4. The van der Waals surface area contributed by atoms with E-state index in [0.717, 1.165) is 0 Å². The maximum atomic E-state index is 12.2. The molecule has 0 aromatic carbocycles. The summed E-state index contributed by atoms with van der Waals surface area (Å²) in [5.41, 5.74) is -0.747. The molecule has 0 radical (unpaired) electrons. The van der Waals surface area contributed by atoms with Crippen LogP contribution in [0.3, 0.4) is 0 Å². The van der Waals surface area contributed by atoms with Gasteiger partial charge in [-0.2, -0.15) is 0 Å². The molecule has 0 saturated carbocycles. The normalized spacial score (nSPS) is 27.0. The molecule has 1 aliphatic heterocycles. The van der Waals surface area contributed by atoms with Crippen LogP contribution >= 0.6 is 7.82 Å². The van der Waals surface area contributed by atoms with Crippen LogP contribution in [0, 0.1) is 5.41 Å². The van der Waals surface area contributed by atoms with Gasteiger partial charge >= 0.3 is 7.82 Å². The molecule has 126 valence electrons. The summed E-state index contributed by atoms with van der Waals surface area (Å²) in [5.74, 6) is -0.581. The lowest BCUT2D eigenvalue weighted by Crippen LogP contribution is -2.49. The van der Waals surface area contributed by atoms with Gasteiger partial charge in [0, 0.05) is 18.4 Å². The zero-order valence-corrected chi connectivity index (χ0v) is 13.6. The zero-order chi connectivity index (χ0) is 16.8. The van der Waals surface area contributed by atoms with Gasteiger partial charge in [-0.15, -0.1) is 0 Å². The Kier molecular flexibility index (Phi) is 6.67. The molecule has 0 aliphatic carbocycles. The fourth-order valence-electron chi connectivity index (χ4n) is 1.67. The number of hydrogen-bond acceptors (Lipinski definition) is 8. The second kappa shape index (κ2) is 7.82. The second-order valence-corrected chi connectivity index (χ2v) is 7.07. The Bertz CT molecular complexity index is 478. The lowest BCUT2D eigenvalue weighted by Gasteiger charge is -2.39. The molecular formula is C12H20NO8P. The van der Waals surface area contributed by atoms with Crippen molar-refractivity contribution >= 4 is 26.0 Å². The minimum absolute atomic E-state index is 0.0455. The first-order valence-corrected chi connectivity index (χ1v) is 8.06. The summed E-state index contributed by atoms with van der Waals surface area (Å²) in [6.45, 7) is 4.43. The number of carbonyl (C=O) groups excluding carboxylic acids is 3. The summed E-state index contributed by atoms with van der Waals surface area (Å²) in [7, 11) is -4.00. The molecule has 1 aliphatic rings. The van der Waals surface area contributed by atoms with Gasteiger partial charge in [0.1, 0.15) is 5.78 Å². The Hall–Kier alpha value is -1.28. The van der Waals surface area contributed by atoms with Crippen LogP contribution in [0.5, 0.6) is 0 Å². The highest BCUT2D eigenvalue weighted by molar-refractivity contribution is 7.48. The molecule has 2 atom stereocenters. The Labute approximate surface area is 128 Å². The molecule has 1 N–H and O–H groups in total. The van der Waals surface area contributed by atoms with Crippen molar-refractivity contribution in [2.75, 3.05) is 19.9 Å². The number of Topliss-reactive ketones (excluding diaryl/α,β-unsaturated/α-hetero) is 1. The molecule has 10 heteroatoms. The lowest BCUT2D eigenvalue weighted by molar-refractivity contribution is -0.147. The molecule has 1 rings (SSSR count). The number of hydrogen-bond donors (Lipinski definition) is 1. The maximum absolute atomic E-state index is 12.2. The van der Waals surface area contributed by atoms with E-state index in [9.17, 15) is 18.9 Å². The van der Waals surface area contributed by atoms with Gasteiger partial charge in [0.15, 0.2) is 6.10 Å². The Morgan fingerprint density at radius 3 is 2.73 bits per heavy atom. The third-order valence-electron chi connectivity index (χ3n) is 2.90. The predicted octanol–water partition coefficient (Wildman–Crippen LogP) is 0.778. The van der Waals surface area contributed by atoms with Crippen molar-refractivity contribution in [3.63, 3.8) is 0 Å². The minimum atomic E-state index is -4.00. The molecule has 1 unspecified atom stereocenters. The SMILES string of the molecule is CC(=O)CCNC(=O)[C@@H]1OP(=O)(OCOC=O)OCC1(C)C. The van der Waals surface area contributed by atoms with Crippen molar-refractivity contribution in [1.29, 1.82) is 0 Å². The van der Waals surface area contributed by atoms with Gasteiger partial charge in [0.25, 0.3) is 6.47 Å². The third kappa shape index (κ3) is 5.49. The first-order chi connectivity index (χ1) is 10.2. The monoisotopic (exact) mass is 337 g/mol. The number of rotatable bonds is 8. The molecule has 0 aromatic heterocycles. The van der Waals surface area contributed by atoms with Crippen LogP contribution in [0.4, 0.5) is 0 Å². The largest absolute Gasteiger partial charge is 0.478 e. The summed E-state index contributed by atoms with van der Waals surface area (Å²) in [5, 5.41) is 2.54. The fraction of sp³-hybridized carbons (Fsp3) is 0.750. The smallest absolute Gasteiger partial charge is 0.440 e. The molecule has 1 saturated heterocycles. The number of ether oxygens (including phenoxy) is 1. The van der Waals surface area contributed by atoms with Gasteiger partial charge in [-0.1, -0.05) is 13.8 Å². The quantitative estimate of drug-likeness (QED) is 0.299. The van der Waals surface area contributed by atoms with Gasteiger partial charge in [-0.3, -0.25) is 23.4 Å². The minimum Gasteiger partial charge on any atom is -0.440 e. The van der Waals surface area contributed by atoms with Crippen LogP contribution in [0.2, 0.25) is 0 Å². The highest BCUT2D eigenvalue weighted by Crippen LogP contribution is 2.57. The second-order valence-electron chi connectivity index (χ2n) is 5.45. The van der Waals surface area contributed by atoms with E-state index in [1.165, 1.54) is 6.92 Å². The standard InChI is InChI=1S/C12H20NO8P/c1-9(15)4-5-13-11(16)10-12(2,3)6-19-22(17,21-10)20-8-18-7-14/h7,10H,4-6,8H2,1-3H3,(H,13,16)/t10-,22?/m0/s1. The van der Waals surface area contributed by atoms with Crippen LogP contribution in [0.25, 0.3) is 0 Å². The van der Waals surface area contributed by atoms with Crippen molar-refractivity contribution < 1.29 is 37.3 Å². The number of phosphoric ester groups is 1. The number of amides is 1. The molecule has 1 amide bonds. The van der Waals surface area contributed by atoms with Crippen molar-refractivity contribution in [2.45, 2.75) is 33.3 Å². The maximum Gasteiger partial charge on any atom is 0.478 e. The topological polar surface area (TPSA) is 117 Å². The molecule has 0 bridgehead atoms. The van der Waals surface area contributed by atoms with E-state index in [0.29, 0.717) is 0 Å². The van der Waals surface area contributed by atoms with Crippen LogP contribution in [0.15, 0.2) is 0 Å². The fourth-order valence-corrected chi connectivity index (χ4v) is 3.19. The first kappa shape index (κ1) is 18.8. The van der Waals surface area contributed by atoms with Gasteiger partial charge in [0.05, 0.1) is 6.61 Å². The number of nitrogens with one attached hydrogen (secondary N) is 1. The van der Waals surface area contributed by atoms with Gasteiger partial charge in [-0.25, -0.2) is 9.09 Å². The predicted molar refractivity (Wildman–Crippen MR) is 73.6 cm³/mol. The van der Waals surface area contributed by atoms with Gasteiger partial charge in [-0.05, 0) is 6.92 Å². The van der Waals surface area contributed by atoms with Crippen molar-refractivity contribution in [1.82, 2.24) is 5.32 Å². The van der Waals surface area contributed by atoms with E-state index in [1.807, 2.05) is 0 Å². The van der Waals surface area contributed by atoms with Crippen LogP contribution in [0.1, 0.15) is 27.2 Å². The Morgan fingerprint density at radius 1 is 1.45 bits per heavy atom. The van der Waals surface area contributed by atoms with Gasteiger partial charge < -0.3 is 10.1 Å². The van der Waals surface area contributed by atoms with E-state index in [4.69, 9.17) is 13.6 Å². The average molecular weight is 337 g/mol. The van der Waals surface area contributed by atoms with E-state index < -0.39 is 32.0 Å². The molecule has 1 heterocycles. The van der Waals surface area contributed by atoms with E-state index in [-0.39, 0.29) is 31.8 Å². The number of carbonyl (C=O) groups is 3. The van der Waals surface area contributed by atoms with Crippen molar-refractivity contribution in [3.8, 4) is 0 Å². The molecule has 0 aromatic rings. The summed E-state index contributed by atoms with van der Waals surface area (Å²) in [6.07, 6.45) is -0.897. The highest BCUT2D eigenvalue weighted by Gasteiger charge is 2.49. The summed E-state index contributed by atoms with van der Waals surface area (Å²) in [4.78, 5) is 33.0. The third-order valence-corrected chi connectivity index (χ3v) is 4.24. The Morgan fingerprint density at radius 2 is 2.14 bits per heavy atom. The molecule has 9 nitrogen and oxygen atoms in total. The first-order valence-electron chi connectivity index (χ1n) is 6.60. The summed E-state index contributed by atoms with van der Waals surface area (Å²) in [6, 6.07) is 0. The van der Waals surface area contributed by atoms with Crippen LogP contribution in [-0.4, -0.2) is 44.2 Å². The summed E-state index contributed by atoms with van der Waals surface area (Å²) >= 11 is 0. The zero-order valence-electron chi connectivity index (χ0n) is 12.7. The molecular weight excluding hydrogens is 317 g/mol. The van der Waals surface area contributed by atoms with E-state index in [1.54, 1.807) is 13.8 Å². The highest BCUT2D eigenvalue weighted by atomic mass is 31.2. The molecule has 1 fully saturated rings. The lowest BCUT2D eigenvalue weighted by atomic mass is 9.87. The molecule has 0 spiro atoms.